The van der Waals surface area contributed by atoms with Gasteiger partial charge in [0.2, 0.25) is 5.91 Å². The minimum Gasteiger partial charge on any atom is -0.484 e. The van der Waals surface area contributed by atoms with Gasteiger partial charge >= 0.3 is 5.97 Å². The molecule has 0 aliphatic heterocycles. The fourth-order valence-electron chi connectivity index (χ4n) is 1.31. The van der Waals surface area contributed by atoms with E-state index in [0.717, 1.165) is 0 Å². The van der Waals surface area contributed by atoms with Crippen LogP contribution in [-0.2, 0) is 19.1 Å². The number of benzene rings is 1. The van der Waals surface area contributed by atoms with E-state index in [-0.39, 0.29) is 19.1 Å². The van der Waals surface area contributed by atoms with E-state index in [1.165, 1.54) is 13.1 Å². The molecule has 0 aliphatic rings. The summed E-state index contributed by atoms with van der Waals surface area (Å²) in [5.41, 5.74) is 0.452. The Labute approximate surface area is 121 Å². The van der Waals surface area contributed by atoms with E-state index < -0.39 is 18.5 Å². The van der Waals surface area contributed by atoms with Gasteiger partial charge in [-0.3, -0.25) is 9.59 Å². The molecule has 0 aliphatic carbocycles. The van der Waals surface area contributed by atoms with Crippen LogP contribution in [0.3, 0.4) is 0 Å². The van der Waals surface area contributed by atoms with Crippen LogP contribution >= 0.6 is 0 Å². The first-order chi connectivity index (χ1) is 10.0. The molecule has 0 unspecified atom stereocenters. The van der Waals surface area contributed by atoms with Crippen molar-refractivity contribution in [2.45, 2.75) is 0 Å². The zero-order valence-corrected chi connectivity index (χ0v) is 11.4. The predicted octanol–water partition coefficient (Wildman–Crippen LogP) is -0.149. The average molecular weight is 296 g/mol. The van der Waals surface area contributed by atoms with Crippen molar-refractivity contribution in [3.63, 3.8) is 0 Å². The lowest BCUT2D eigenvalue weighted by Gasteiger charge is -2.08. The number of carboxylic acid groups (broad SMARTS) is 1. The van der Waals surface area contributed by atoms with Crippen LogP contribution in [0.25, 0.3) is 0 Å². The van der Waals surface area contributed by atoms with Gasteiger partial charge < -0.3 is 25.2 Å². The summed E-state index contributed by atoms with van der Waals surface area (Å²) in [6, 6.07) is 6.45. The Morgan fingerprint density at radius 2 is 1.90 bits per heavy atom. The van der Waals surface area contributed by atoms with Crippen molar-refractivity contribution in [2.24, 2.45) is 0 Å². The van der Waals surface area contributed by atoms with Gasteiger partial charge in [0.15, 0.2) is 6.61 Å². The molecule has 0 spiro atoms. The normalized spacial score (nSPS) is 9.76. The molecular weight excluding hydrogens is 280 g/mol. The smallest absolute Gasteiger partial charge is 0.329 e. The number of nitrogens with one attached hydrogen (secondary N) is 2. The molecule has 2 amide bonds. The van der Waals surface area contributed by atoms with E-state index in [0.29, 0.717) is 11.4 Å². The molecule has 0 heterocycles. The molecule has 0 radical (unpaired) electrons. The number of carbonyl (C=O) groups excluding carboxylic acids is 2. The van der Waals surface area contributed by atoms with Gasteiger partial charge in [0.05, 0.1) is 0 Å². The molecule has 8 nitrogen and oxygen atoms in total. The molecule has 1 aromatic rings. The van der Waals surface area contributed by atoms with Gasteiger partial charge in [-0.15, -0.1) is 0 Å². The van der Waals surface area contributed by atoms with Crippen molar-refractivity contribution in [3.8, 4) is 5.75 Å². The van der Waals surface area contributed by atoms with Gasteiger partial charge in [-0.1, -0.05) is 6.07 Å². The highest BCUT2D eigenvalue weighted by atomic mass is 16.5. The highest BCUT2D eigenvalue weighted by Gasteiger charge is 2.06. The van der Waals surface area contributed by atoms with Gasteiger partial charge in [0, 0.05) is 18.8 Å². The number of likely N-dealkylation sites (N-methyl/N-ethyl adjacent to an activating group) is 1. The number of aliphatic carboxylic acids is 1. The molecule has 8 heteroatoms. The molecule has 0 bridgehead atoms. The molecule has 0 aromatic heterocycles. The summed E-state index contributed by atoms with van der Waals surface area (Å²) in [7, 11) is 1.50. The first-order valence-corrected chi connectivity index (χ1v) is 6.04. The Kier molecular flexibility index (Phi) is 6.69. The largest absolute Gasteiger partial charge is 0.484 e. The maximum atomic E-state index is 11.5. The Bertz CT molecular complexity index is 517. The zero-order chi connectivity index (χ0) is 15.7. The fourth-order valence-corrected chi connectivity index (χ4v) is 1.31. The molecule has 0 saturated carbocycles. The Balaban J connectivity index is 2.46. The van der Waals surface area contributed by atoms with Gasteiger partial charge in [0.25, 0.3) is 5.91 Å². The van der Waals surface area contributed by atoms with E-state index in [1.807, 2.05) is 0 Å². The molecule has 1 rings (SSSR count). The van der Waals surface area contributed by atoms with Crippen LogP contribution in [0.5, 0.6) is 5.75 Å². The number of carboxylic acids is 1. The van der Waals surface area contributed by atoms with Crippen LogP contribution in [-0.4, -0.2) is 49.8 Å². The van der Waals surface area contributed by atoms with Gasteiger partial charge in [-0.2, -0.15) is 0 Å². The number of carbonyl (C=O) groups is 3. The summed E-state index contributed by atoms with van der Waals surface area (Å²) in [5.74, 6) is -1.48. The third-order valence-corrected chi connectivity index (χ3v) is 2.23. The van der Waals surface area contributed by atoms with Crippen LogP contribution < -0.4 is 15.4 Å². The molecule has 114 valence electrons. The van der Waals surface area contributed by atoms with Gasteiger partial charge in [0.1, 0.15) is 19.0 Å². The molecular formula is C13H16N2O6. The lowest BCUT2D eigenvalue weighted by atomic mass is 10.3. The molecule has 1 aromatic carbocycles. The standard InChI is InChI=1S/C13H16N2O6/c1-14-11(16)7-21-10-4-2-3-9(5-10)15-12(17)6-20-8-13(18)19/h2-5H,6-8H2,1H3,(H,14,16)(H,15,17)(H,18,19). The molecule has 0 saturated heterocycles. The minimum atomic E-state index is -1.15. The lowest BCUT2D eigenvalue weighted by Crippen LogP contribution is -2.24. The Hall–Kier alpha value is -2.61. The summed E-state index contributed by atoms with van der Waals surface area (Å²) in [4.78, 5) is 32.8. The van der Waals surface area contributed by atoms with E-state index in [2.05, 4.69) is 15.4 Å². The summed E-state index contributed by atoms with van der Waals surface area (Å²) in [5, 5.41) is 13.3. The van der Waals surface area contributed by atoms with Crippen LogP contribution in [0.2, 0.25) is 0 Å². The topological polar surface area (TPSA) is 114 Å². The number of hydrogen-bond acceptors (Lipinski definition) is 5. The van der Waals surface area contributed by atoms with Crippen molar-refractivity contribution >= 4 is 23.5 Å². The van der Waals surface area contributed by atoms with Crippen molar-refractivity contribution in [1.29, 1.82) is 0 Å². The van der Waals surface area contributed by atoms with E-state index in [4.69, 9.17) is 9.84 Å². The molecule has 21 heavy (non-hydrogen) atoms. The second-order valence-electron chi connectivity index (χ2n) is 3.92. The minimum absolute atomic E-state index is 0.129. The van der Waals surface area contributed by atoms with Crippen LogP contribution in [0.4, 0.5) is 5.69 Å². The third-order valence-electron chi connectivity index (χ3n) is 2.23. The SMILES string of the molecule is CNC(=O)COc1cccc(NC(=O)COCC(=O)O)c1. The van der Waals surface area contributed by atoms with Crippen molar-refractivity contribution in [2.75, 3.05) is 32.2 Å². The quantitative estimate of drug-likeness (QED) is 0.615. The second-order valence-corrected chi connectivity index (χ2v) is 3.92. The van der Waals surface area contributed by atoms with Crippen molar-refractivity contribution < 1.29 is 29.0 Å². The van der Waals surface area contributed by atoms with E-state index >= 15 is 0 Å². The number of anilines is 1. The van der Waals surface area contributed by atoms with Crippen LogP contribution in [0, 0.1) is 0 Å². The average Bonchev–Trinajstić information content (AvgIpc) is 2.44. The van der Waals surface area contributed by atoms with E-state index in [9.17, 15) is 14.4 Å². The lowest BCUT2D eigenvalue weighted by molar-refractivity contribution is -0.143. The van der Waals surface area contributed by atoms with Gasteiger partial charge in [-0.05, 0) is 12.1 Å². The highest BCUT2D eigenvalue weighted by molar-refractivity contribution is 5.92. The first kappa shape index (κ1) is 16.4. The Morgan fingerprint density at radius 3 is 2.57 bits per heavy atom. The first-order valence-electron chi connectivity index (χ1n) is 6.04. The summed E-state index contributed by atoms with van der Waals surface area (Å²) < 4.78 is 9.88. The van der Waals surface area contributed by atoms with Crippen LogP contribution in [0.1, 0.15) is 0 Å². The van der Waals surface area contributed by atoms with Crippen molar-refractivity contribution in [3.05, 3.63) is 24.3 Å². The predicted molar refractivity (Wildman–Crippen MR) is 73.1 cm³/mol. The van der Waals surface area contributed by atoms with Gasteiger partial charge in [-0.25, -0.2) is 4.79 Å². The fraction of sp³-hybridized carbons (Fsp3) is 0.308. The number of ether oxygens (including phenoxy) is 2. The number of amides is 2. The molecule has 0 fully saturated rings. The zero-order valence-electron chi connectivity index (χ0n) is 11.4. The maximum absolute atomic E-state index is 11.5. The maximum Gasteiger partial charge on any atom is 0.329 e. The highest BCUT2D eigenvalue weighted by Crippen LogP contribution is 2.17. The van der Waals surface area contributed by atoms with E-state index in [1.54, 1.807) is 18.2 Å². The summed E-state index contributed by atoms with van der Waals surface area (Å²) in [6.45, 7) is -1.03. The van der Waals surface area contributed by atoms with Crippen LogP contribution in [0.15, 0.2) is 24.3 Å². The Morgan fingerprint density at radius 1 is 1.14 bits per heavy atom. The number of rotatable bonds is 8. The molecule has 0 atom stereocenters. The third kappa shape index (κ3) is 6.92. The summed E-state index contributed by atoms with van der Waals surface area (Å²) in [6.07, 6.45) is 0. The summed E-state index contributed by atoms with van der Waals surface area (Å²) >= 11 is 0. The van der Waals surface area contributed by atoms with Crippen molar-refractivity contribution in [1.82, 2.24) is 5.32 Å². The monoisotopic (exact) mass is 296 g/mol. The number of hydrogen-bond donors (Lipinski definition) is 3. The second kappa shape index (κ2) is 8.54. The molecule has 3 N–H and O–H groups in total.